The largest absolute Gasteiger partial charge is 0.494 e. The summed E-state index contributed by atoms with van der Waals surface area (Å²) in [5.74, 6) is -0.472. The summed E-state index contributed by atoms with van der Waals surface area (Å²) in [6, 6.07) is 14.8. The molecule has 5 aromatic rings. The van der Waals surface area contributed by atoms with Gasteiger partial charge in [-0.05, 0) is 19.1 Å². The van der Waals surface area contributed by atoms with Crippen molar-refractivity contribution in [1.29, 1.82) is 0 Å². The van der Waals surface area contributed by atoms with Gasteiger partial charge in [0.2, 0.25) is 5.56 Å². The van der Waals surface area contributed by atoms with Crippen molar-refractivity contribution in [2.75, 3.05) is 38.2 Å². The summed E-state index contributed by atoms with van der Waals surface area (Å²) in [7, 11) is 0. The third-order valence-corrected chi connectivity index (χ3v) is 6.92. The number of rotatable bonds is 9. The quantitative estimate of drug-likeness (QED) is 0.266. The van der Waals surface area contributed by atoms with Crippen LogP contribution < -0.4 is 15.6 Å². The van der Waals surface area contributed by atoms with Crippen molar-refractivity contribution in [1.82, 2.24) is 29.6 Å². The maximum absolute atomic E-state index is 15.0. The second-order valence-electron chi connectivity index (χ2n) is 9.85. The Kier molecular flexibility index (Phi) is 7.89. The van der Waals surface area contributed by atoms with Gasteiger partial charge < -0.3 is 19.8 Å². The van der Waals surface area contributed by atoms with Crippen LogP contribution in [-0.2, 0) is 17.8 Å². The Morgan fingerprint density at radius 3 is 2.57 bits per heavy atom. The van der Waals surface area contributed by atoms with E-state index in [1.807, 2.05) is 30.3 Å². The van der Waals surface area contributed by atoms with Gasteiger partial charge in [0.05, 0.1) is 37.6 Å². The Balaban J connectivity index is 1.41. The minimum Gasteiger partial charge on any atom is -0.494 e. The van der Waals surface area contributed by atoms with Gasteiger partial charge in [-0.15, -0.1) is 0 Å². The van der Waals surface area contributed by atoms with E-state index in [9.17, 15) is 13.6 Å². The lowest BCUT2D eigenvalue weighted by atomic mass is 10.1. The molecule has 4 heterocycles. The fourth-order valence-corrected chi connectivity index (χ4v) is 4.95. The van der Waals surface area contributed by atoms with E-state index in [1.165, 1.54) is 18.2 Å². The van der Waals surface area contributed by atoms with E-state index in [2.05, 4.69) is 15.2 Å². The van der Waals surface area contributed by atoms with Gasteiger partial charge in [0.1, 0.15) is 28.9 Å². The highest BCUT2D eigenvalue weighted by molar-refractivity contribution is 5.91. The van der Waals surface area contributed by atoms with Crippen LogP contribution in [0.15, 0.2) is 65.6 Å². The van der Waals surface area contributed by atoms with Crippen LogP contribution in [0.2, 0.25) is 0 Å². The zero-order chi connectivity index (χ0) is 29.1. The van der Waals surface area contributed by atoms with Crippen molar-refractivity contribution >= 4 is 22.4 Å². The lowest BCUT2D eigenvalue weighted by Gasteiger charge is -2.26. The number of pyridine rings is 1. The van der Waals surface area contributed by atoms with E-state index < -0.39 is 11.6 Å². The monoisotopic (exact) mass is 573 g/mol. The molecule has 1 saturated heterocycles. The lowest BCUT2D eigenvalue weighted by Crippen LogP contribution is -2.35. The molecule has 0 atom stereocenters. The molecule has 12 heteroatoms. The van der Waals surface area contributed by atoms with Crippen molar-refractivity contribution in [3.05, 3.63) is 94.0 Å². The van der Waals surface area contributed by atoms with Crippen LogP contribution in [0.4, 0.5) is 20.3 Å². The number of hydrogen-bond donors (Lipinski definition) is 2. The molecule has 0 radical (unpaired) electrons. The molecule has 2 aromatic carbocycles. The first-order chi connectivity index (χ1) is 20.5. The van der Waals surface area contributed by atoms with E-state index in [0.29, 0.717) is 54.9 Å². The Hall–Kier alpha value is -4.68. The average molecular weight is 574 g/mol. The standard InChI is InChI=1S/C30H29F2N7O3/c1-2-42-21-15-24(31)23(25(32)16-21)18-39-26-6-4-3-5-22(26)29(37-39)30-35-20(17-38-9-11-41-12-10-38)13-27(36-30)34-19-7-8-33-28(40)14-19/h3-8,13-16H,2,9-12,17-18H2,1H3,(H2,33,34,35,36,40). The molecule has 2 N–H and O–H groups in total. The van der Waals surface area contributed by atoms with Gasteiger partial charge >= 0.3 is 0 Å². The first kappa shape index (κ1) is 27.5. The molecule has 0 unspecified atom stereocenters. The molecular weight excluding hydrogens is 544 g/mol. The SMILES string of the molecule is CCOc1cc(F)c(Cn2nc(-c3nc(CN4CCOCC4)cc(Nc4cc[nH]c(=O)c4)n3)c3ccccc32)c(F)c1. The van der Waals surface area contributed by atoms with Crippen LogP contribution in [0.3, 0.4) is 0 Å². The molecule has 0 saturated carbocycles. The number of nitrogens with zero attached hydrogens (tertiary/aromatic N) is 5. The first-order valence-electron chi connectivity index (χ1n) is 13.7. The van der Waals surface area contributed by atoms with E-state index in [-0.39, 0.29) is 23.4 Å². The maximum atomic E-state index is 15.0. The number of anilines is 2. The number of morpholine rings is 1. The third kappa shape index (κ3) is 5.99. The number of H-pyrrole nitrogens is 1. The molecular formula is C30H29F2N7O3. The predicted molar refractivity (Wildman–Crippen MR) is 154 cm³/mol. The molecule has 1 aliphatic rings. The van der Waals surface area contributed by atoms with E-state index in [0.717, 1.165) is 24.2 Å². The Bertz CT molecular complexity index is 1760. The van der Waals surface area contributed by atoms with Crippen molar-refractivity contribution in [2.24, 2.45) is 0 Å². The number of aromatic amines is 1. The van der Waals surface area contributed by atoms with Gasteiger partial charge in [-0.2, -0.15) is 5.10 Å². The van der Waals surface area contributed by atoms with Gasteiger partial charge in [0, 0.05) is 66.7 Å². The minimum absolute atomic E-state index is 0.128. The topological polar surface area (TPSA) is 110 Å². The molecule has 0 amide bonds. The fourth-order valence-electron chi connectivity index (χ4n) is 4.95. The summed E-state index contributed by atoms with van der Waals surface area (Å²) < 4.78 is 42.3. The smallest absolute Gasteiger partial charge is 0.249 e. The van der Waals surface area contributed by atoms with Crippen molar-refractivity contribution in [3.8, 4) is 17.3 Å². The van der Waals surface area contributed by atoms with Gasteiger partial charge in [-0.3, -0.25) is 14.4 Å². The van der Waals surface area contributed by atoms with Crippen LogP contribution in [-0.4, -0.2) is 62.5 Å². The summed E-state index contributed by atoms with van der Waals surface area (Å²) in [5, 5.41) is 8.69. The van der Waals surface area contributed by atoms with Crippen molar-refractivity contribution in [2.45, 2.75) is 20.0 Å². The van der Waals surface area contributed by atoms with E-state index in [4.69, 9.17) is 24.5 Å². The Morgan fingerprint density at radius 2 is 1.81 bits per heavy atom. The highest BCUT2D eigenvalue weighted by Gasteiger charge is 2.20. The van der Waals surface area contributed by atoms with Gasteiger partial charge in [0.25, 0.3) is 0 Å². The fraction of sp³-hybridized carbons (Fsp3) is 0.267. The highest BCUT2D eigenvalue weighted by atomic mass is 19.1. The molecule has 3 aromatic heterocycles. The average Bonchev–Trinajstić information content (AvgIpc) is 3.34. The van der Waals surface area contributed by atoms with E-state index in [1.54, 1.807) is 23.9 Å². The highest BCUT2D eigenvalue weighted by Crippen LogP contribution is 2.30. The second-order valence-corrected chi connectivity index (χ2v) is 9.85. The number of hydrogen-bond acceptors (Lipinski definition) is 8. The zero-order valence-electron chi connectivity index (χ0n) is 22.9. The van der Waals surface area contributed by atoms with Gasteiger partial charge in [-0.25, -0.2) is 18.7 Å². The number of ether oxygens (including phenoxy) is 2. The molecule has 6 rings (SSSR count). The third-order valence-electron chi connectivity index (χ3n) is 6.92. The maximum Gasteiger partial charge on any atom is 0.249 e. The van der Waals surface area contributed by atoms with Crippen molar-refractivity contribution in [3.63, 3.8) is 0 Å². The summed E-state index contributed by atoms with van der Waals surface area (Å²) in [6.45, 7) is 5.29. The first-order valence-corrected chi connectivity index (χ1v) is 13.7. The van der Waals surface area contributed by atoms with Crippen molar-refractivity contribution < 1.29 is 18.3 Å². The zero-order valence-corrected chi connectivity index (χ0v) is 22.9. The molecule has 216 valence electrons. The number of halogens is 2. The number of para-hydroxylation sites is 1. The van der Waals surface area contributed by atoms with Crippen LogP contribution in [0.1, 0.15) is 18.2 Å². The normalized spacial score (nSPS) is 13.9. The number of nitrogens with one attached hydrogen (secondary N) is 2. The molecule has 0 bridgehead atoms. The van der Waals surface area contributed by atoms with Gasteiger partial charge in [-0.1, -0.05) is 18.2 Å². The molecule has 0 aliphatic carbocycles. The molecule has 10 nitrogen and oxygen atoms in total. The van der Waals surface area contributed by atoms with Gasteiger partial charge in [0.15, 0.2) is 5.82 Å². The summed E-state index contributed by atoms with van der Waals surface area (Å²) in [5.41, 5.74) is 2.08. The number of aromatic nitrogens is 5. The molecule has 0 spiro atoms. The molecule has 42 heavy (non-hydrogen) atoms. The van der Waals surface area contributed by atoms with E-state index >= 15 is 0 Å². The van der Waals surface area contributed by atoms with Crippen LogP contribution >= 0.6 is 0 Å². The van der Waals surface area contributed by atoms with Crippen LogP contribution in [0.25, 0.3) is 22.4 Å². The van der Waals surface area contributed by atoms with Crippen LogP contribution in [0.5, 0.6) is 5.75 Å². The minimum atomic E-state index is -0.715. The molecule has 1 aliphatic heterocycles. The summed E-state index contributed by atoms with van der Waals surface area (Å²) in [6.07, 6.45) is 1.55. The Morgan fingerprint density at radius 1 is 1.02 bits per heavy atom. The molecule has 1 fully saturated rings. The van der Waals surface area contributed by atoms with Crippen LogP contribution in [0, 0.1) is 11.6 Å². The summed E-state index contributed by atoms with van der Waals surface area (Å²) in [4.78, 5) is 26.3. The Labute approximate surface area is 239 Å². The second kappa shape index (κ2) is 12.0. The number of benzene rings is 2. The predicted octanol–water partition coefficient (Wildman–Crippen LogP) is 4.48. The summed E-state index contributed by atoms with van der Waals surface area (Å²) >= 11 is 0. The lowest BCUT2D eigenvalue weighted by molar-refractivity contribution is 0.0336. The number of fused-ring (bicyclic) bond motifs is 1.